The van der Waals surface area contributed by atoms with Crippen molar-refractivity contribution in [1.29, 1.82) is 0 Å². The number of ketones is 1. The molecule has 0 aliphatic rings. The van der Waals surface area contributed by atoms with Gasteiger partial charge < -0.3 is 4.79 Å². The van der Waals surface area contributed by atoms with Crippen molar-refractivity contribution in [2.75, 3.05) is 0 Å². The lowest BCUT2D eigenvalue weighted by Crippen LogP contribution is -2.06. The fourth-order valence-electron chi connectivity index (χ4n) is 1.83. The monoisotopic (exact) mass is 208 g/mol. The number of rotatable bonds is 4. The molecule has 0 radical (unpaired) electrons. The van der Waals surface area contributed by atoms with Crippen LogP contribution in [0.3, 0.4) is 0 Å². The van der Waals surface area contributed by atoms with Crippen LogP contribution in [0, 0.1) is 18.7 Å². The van der Waals surface area contributed by atoms with Gasteiger partial charge in [0.15, 0.2) is 0 Å². The van der Waals surface area contributed by atoms with Gasteiger partial charge in [0.1, 0.15) is 11.6 Å². The van der Waals surface area contributed by atoms with Crippen molar-refractivity contribution in [1.82, 2.24) is 0 Å². The van der Waals surface area contributed by atoms with E-state index in [9.17, 15) is 9.18 Å². The highest BCUT2D eigenvalue weighted by molar-refractivity contribution is 5.75. The molecule has 1 atom stereocenters. The number of halogens is 1. The Morgan fingerprint density at radius 2 is 2.13 bits per heavy atom. The molecule has 0 N–H and O–H groups in total. The number of hydrogen-bond donors (Lipinski definition) is 0. The molecule has 0 aliphatic heterocycles. The third kappa shape index (κ3) is 3.82. The van der Waals surface area contributed by atoms with Gasteiger partial charge in [-0.25, -0.2) is 4.39 Å². The van der Waals surface area contributed by atoms with Gasteiger partial charge >= 0.3 is 0 Å². The third-order valence-corrected chi connectivity index (χ3v) is 2.51. The lowest BCUT2D eigenvalue weighted by atomic mass is 9.94. The van der Waals surface area contributed by atoms with E-state index in [0.717, 1.165) is 17.5 Å². The van der Waals surface area contributed by atoms with Crippen molar-refractivity contribution < 1.29 is 9.18 Å². The third-order valence-electron chi connectivity index (χ3n) is 2.51. The molecular formula is C13H17FO. The largest absolute Gasteiger partial charge is 0.300 e. The van der Waals surface area contributed by atoms with Gasteiger partial charge in [0.2, 0.25) is 0 Å². The molecule has 0 saturated heterocycles. The van der Waals surface area contributed by atoms with Crippen LogP contribution in [-0.2, 0) is 11.2 Å². The SMILES string of the molecule is CC(=O)CC(C)Cc1ccc(F)cc1C. The molecule has 1 unspecified atom stereocenters. The summed E-state index contributed by atoms with van der Waals surface area (Å²) in [5.74, 6) is 0.337. The Balaban J connectivity index is 2.68. The fourth-order valence-corrected chi connectivity index (χ4v) is 1.83. The molecule has 1 aromatic rings. The Hall–Kier alpha value is -1.18. The maximum atomic E-state index is 12.8. The molecule has 0 bridgehead atoms. The number of Topliss-reactive ketones (excluding diaryl/α,β-unsaturated/α-hetero) is 1. The first-order chi connectivity index (χ1) is 6.99. The van der Waals surface area contributed by atoms with Gasteiger partial charge in [0.25, 0.3) is 0 Å². The average Bonchev–Trinajstić information content (AvgIpc) is 2.08. The predicted octanol–water partition coefficient (Wildman–Crippen LogP) is 3.29. The Morgan fingerprint density at radius 3 is 2.67 bits per heavy atom. The van der Waals surface area contributed by atoms with Gasteiger partial charge in [-0.15, -0.1) is 0 Å². The molecule has 0 spiro atoms. The van der Waals surface area contributed by atoms with Crippen LogP contribution in [0.2, 0.25) is 0 Å². The van der Waals surface area contributed by atoms with E-state index in [4.69, 9.17) is 0 Å². The molecule has 0 saturated carbocycles. The minimum absolute atomic E-state index is 0.199. The first-order valence-electron chi connectivity index (χ1n) is 5.23. The zero-order chi connectivity index (χ0) is 11.4. The van der Waals surface area contributed by atoms with E-state index in [-0.39, 0.29) is 11.6 Å². The summed E-state index contributed by atoms with van der Waals surface area (Å²) in [4.78, 5) is 10.9. The average molecular weight is 208 g/mol. The number of carbonyl (C=O) groups excluding carboxylic acids is 1. The summed E-state index contributed by atoms with van der Waals surface area (Å²) in [6, 6.07) is 4.82. The molecule has 1 aromatic carbocycles. The van der Waals surface area contributed by atoms with Crippen molar-refractivity contribution in [2.24, 2.45) is 5.92 Å². The lowest BCUT2D eigenvalue weighted by Gasteiger charge is -2.11. The van der Waals surface area contributed by atoms with Crippen molar-refractivity contribution in [3.05, 3.63) is 35.1 Å². The molecule has 0 heterocycles. The maximum Gasteiger partial charge on any atom is 0.130 e. The quantitative estimate of drug-likeness (QED) is 0.742. The van der Waals surface area contributed by atoms with Crippen molar-refractivity contribution in [2.45, 2.75) is 33.6 Å². The topological polar surface area (TPSA) is 17.1 Å². The van der Waals surface area contributed by atoms with Gasteiger partial charge in [-0.1, -0.05) is 13.0 Å². The van der Waals surface area contributed by atoms with Gasteiger partial charge in [-0.2, -0.15) is 0 Å². The molecule has 0 aromatic heterocycles. The summed E-state index contributed by atoms with van der Waals surface area (Å²) in [5.41, 5.74) is 2.09. The molecule has 82 valence electrons. The van der Waals surface area contributed by atoms with Crippen LogP contribution in [0.1, 0.15) is 31.4 Å². The minimum atomic E-state index is -0.199. The molecule has 15 heavy (non-hydrogen) atoms. The van der Waals surface area contributed by atoms with E-state index in [0.29, 0.717) is 12.3 Å². The van der Waals surface area contributed by atoms with Crippen LogP contribution in [0.5, 0.6) is 0 Å². The van der Waals surface area contributed by atoms with Crippen LogP contribution in [0.4, 0.5) is 4.39 Å². The fraction of sp³-hybridized carbons (Fsp3) is 0.462. The zero-order valence-electron chi connectivity index (χ0n) is 9.51. The van der Waals surface area contributed by atoms with E-state index in [1.165, 1.54) is 12.1 Å². The Labute approximate surface area is 90.3 Å². The standard InChI is InChI=1S/C13H17FO/c1-9(6-11(3)15)7-12-4-5-13(14)8-10(12)2/h4-5,8-9H,6-7H2,1-3H3. The summed E-state index contributed by atoms with van der Waals surface area (Å²) >= 11 is 0. The highest BCUT2D eigenvalue weighted by Gasteiger charge is 2.08. The first kappa shape index (κ1) is 11.9. The van der Waals surface area contributed by atoms with Gasteiger partial charge in [-0.05, 0) is 49.4 Å². The van der Waals surface area contributed by atoms with Gasteiger partial charge in [0, 0.05) is 6.42 Å². The summed E-state index contributed by atoms with van der Waals surface area (Å²) in [6.07, 6.45) is 1.43. The number of carbonyl (C=O) groups is 1. The molecule has 0 aliphatic carbocycles. The van der Waals surface area contributed by atoms with Crippen molar-refractivity contribution in [3.63, 3.8) is 0 Å². The van der Waals surface area contributed by atoms with Crippen LogP contribution >= 0.6 is 0 Å². The predicted molar refractivity (Wildman–Crippen MR) is 59.3 cm³/mol. The molecular weight excluding hydrogens is 191 g/mol. The zero-order valence-corrected chi connectivity index (χ0v) is 9.51. The second-order valence-electron chi connectivity index (χ2n) is 4.29. The Kier molecular flexibility index (Phi) is 4.01. The summed E-state index contributed by atoms with van der Waals surface area (Å²) in [7, 11) is 0. The normalized spacial score (nSPS) is 12.5. The second kappa shape index (κ2) is 5.06. The molecule has 1 rings (SSSR count). The highest BCUT2D eigenvalue weighted by atomic mass is 19.1. The van der Waals surface area contributed by atoms with Crippen LogP contribution in [-0.4, -0.2) is 5.78 Å². The van der Waals surface area contributed by atoms with E-state index < -0.39 is 0 Å². The van der Waals surface area contributed by atoms with Crippen LogP contribution < -0.4 is 0 Å². The summed E-state index contributed by atoms with van der Waals surface area (Å²) in [6.45, 7) is 5.55. The van der Waals surface area contributed by atoms with Gasteiger partial charge in [-0.3, -0.25) is 0 Å². The minimum Gasteiger partial charge on any atom is -0.300 e. The lowest BCUT2D eigenvalue weighted by molar-refractivity contribution is -0.117. The van der Waals surface area contributed by atoms with E-state index in [2.05, 4.69) is 0 Å². The number of aryl methyl sites for hydroxylation is 1. The Bertz CT molecular complexity index is 358. The van der Waals surface area contributed by atoms with Crippen molar-refractivity contribution in [3.8, 4) is 0 Å². The van der Waals surface area contributed by atoms with Crippen molar-refractivity contribution >= 4 is 5.78 Å². The Morgan fingerprint density at radius 1 is 1.47 bits per heavy atom. The molecule has 0 amide bonds. The number of hydrogen-bond acceptors (Lipinski definition) is 1. The van der Waals surface area contributed by atoms with E-state index in [1.807, 2.05) is 13.8 Å². The van der Waals surface area contributed by atoms with Crippen LogP contribution in [0.15, 0.2) is 18.2 Å². The number of benzene rings is 1. The molecule has 1 nitrogen and oxygen atoms in total. The second-order valence-corrected chi connectivity index (χ2v) is 4.29. The summed E-state index contributed by atoms with van der Waals surface area (Å²) in [5, 5.41) is 0. The first-order valence-corrected chi connectivity index (χ1v) is 5.23. The van der Waals surface area contributed by atoms with E-state index in [1.54, 1.807) is 13.0 Å². The molecule has 2 heteroatoms. The summed E-state index contributed by atoms with van der Waals surface area (Å²) < 4.78 is 12.8. The van der Waals surface area contributed by atoms with E-state index >= 15 is 0 Å². The smallest absolute Gasteiger partial charge is 0.130 e. The maximum absolute atomic E-state index is 12.8. The molecule has 0 fully saturated rings. The van der Waals surface area contributed by atoms with Crippen LogP contribution in [0.25, 0.3) is 0 Å². The highest BCUT2D eigenvalue weighted by Crippen LogP contribution is 2.16. The van der Waals surface area contributed by atoms with Gasteiger partial charge in [0.05, 0.1) is 0 Å².